The van der Waals surface area contributed by atoms with Crippen molar-refractivity contribution < 1.29 is 4.79 Å². The van der Waals surface area contributed by atoms with E-state index in [-0.39, 0.29) is 5.91 Å². The molecule has 1 N–H and O–H groups in total. The minimum Gasteiger partial charge on any atom is -0.348 e. The van der Waals surface area contributed by atoms with Gasteiger partial charge in [0.05, 0.1) is 19.3 Å². The number of carbonyl (C=O) groups excluding carboxylic acids is 1. The average Bonchev–Trinajstić information content (AvgIpc) is 2.86. The van der Waals surface area contributed by atoms with Gasteiger partial charge >= 0.3 is 0 Å². The van der Waals surface area contributed by atoms with Crippen molar-refractivity contribution in [2.75, 3.05) is 40.3 Å². The summed E-state index contributed by atoms with van der Waals surface area (Å²) in [5.41, 5.74) is 1.20. The lowest BCUT2D eigenvalue weighted by molar-refractivity contribution is -0.130. The van der Waals surface area contributed by atoms with Gasteiger partial charge in [0.15, 0.2) is 0 Å². The second-order valence-corrected chi connectivity index (χ2v) is 6.07. The Labute approximate surface area is 127 Å². The third kappa shape index (κ3) is 5.13. The summed E-state index contributed by atoms with van der Waals surface area (Å²) in [6, 6.07) is 0.562. The van der Waals surface area contributed by atoms with E-state index in [4.69, 9.17) is 0 Å². The first-order valence-electron chi connectivity index (χ1n) is 7.69. The van der Waals surface area contributed by atoms with Crippen LogP contribution in [0.1, 0.15) is 18.4 Å². The predicted octanol–water partition coefficient (Wildman–Crippen LogP) is 0.334. The Bertz CT molecular complexity index is 449. The summed E-state index contributed by atoms with van der Waals surface area (Å²) in [6.45, 7) is 6.46. The van der Waals surface area contributed by atoms with Gasteiger partial charge < -0.3 is 10.2 Å². The molecular formula is C15H27N5O. The molecule has 0 unspecified atom stereocenters. The van der Waals surface area contributed by atoms with Crippen molar-refractivity contribution >= 4 is 5.91 Å². The molecule has 0 radical (unpaired) electrons. The maximum Gasteiger partial charge on any atom is 0.236 e. The van der Waals surface area contributed by atoms with Gasteiger partial charge in [-0.05, 0) is 25.3 Å². The summed E-state index contributed by atoms with van der Waals surface area (Å²) >= 11 is 0. The highest BCUT2D eigenvalue weighted by molar-refractivity contribution is 5.77. The largest absolute Gasteiger partial charge is 0.348 e. The van der Waals surface area contributed by atoms with Gasteiger partial charge in [-0.1, -0.05) is 0 Å². The number of amides is 1. The monoisotopic (exact) mass is 293 g/mol. The van der Waals surface area contributed by atoms with Crippen LogP contribution in [0.5, 0.6) is 0 Å². The fourth-order valence-electron chi connectivity index (χ4n) is 2.60. The minimum atomic E-state index is 0.190. The molecule has 21 heavy (non-hydrogen) atoms. The minimum absolute atomic E-state index is 0.190. The fourth-order valence-corrected chi connectivity index (χ4v) is 2.60. The van der Waals surface area contributed by atoms with Gasteiger partial charge in [-0.3, -0.25) is 14.4 Å². The van der Waals surface area contributed by atoms with Gasteiger partial charge in [0.25, 0.3) is 0 Å². The molecule has 1 aromatic heterocycles. The van der Waals surface area contributed by atoms with Crippen molar-refractivity contribution in [3.05, 3.63) is 18.0 Å². The van der Waals surface area contributed by atoms with Crippen LogP contribution in [-0.4, -0.2) is 71.8 Å². The van der Waals surface area contributed by atoms with Crippen molar-refractivity contribution in [2.24, 2.45) is 0 Å². The van der Waals surface area contributed by atoms with E-state index in [0.717, 1.165) is 39.0 Å². The maximum absolute atomic E-state index is 11.7. The summed E-state index contributed by atoms with van der Waals surface area (Å²) in [4.78, 5) is 15.6. The molecule has 1 amide bonds. The normalized spacial score (nSPS) is 17.1. The highest BCUT2D eigenvalue weighted by Crippen LogP contribution is 2.10. The number of nitrogens with zero attached hydrogens (tertiary/aromatic N) is 4. The Balaban J connectivity index is 1.62. The lowest BCUT2D eigenvalue weighted by Gasteiger charge is -2.32. The zero-order chi connectivity index (χ0) is 15.2. The molecule has 0 aliphatic carbocycles. The standard InChI is InChI=1S/C15H27N5O/c1-13-10-17-20(11-13)9-6-16-14-4-7-19(8-5-14)12-15(21)18(2)3/h10-11,14,16H,4-9,12H2,1-3H3. The van der Waals surface area contributed by atoms with Crippen LogP contribution in [0, 0.1) is 6.92 Å². The van der Waals surface area contributed by atoms with Gasteiger partial charge in [-0.2, -0.15) is 5.10 Å². The van der Waals surface area contributed by atoms with E-state index < -0.39 is 0 Å². The number of aryl methyl sites for hydroxylation is 1. The number of carbonyl (C=O) groups is 1. The number of likely N-dealkylation sites (N-methyl/N-ethyl adjacent to an activating group) is 1. The van der Waals surface area contributed by atoms with E-state index >= 15 is 0 Å². The van der Waals surface area contributed by atoms with Crippen LogP contribution in [0.4, 0.5) is 0 Å². The molecule has 2 heterocycles. The van der Waals surface area contributed by atoms with Crippen molar-refractivity contribution in [3.8, 4) is 0 Å². The second-order valence-electron chi connectivity index (χ2n) is 6.07. The van der Waals surface area contributed by atoms with Crippen molar-refractivity contribution in [1.82, 2.24) is 24.9 Å². The van der Waals surface area contributed by atoms with Crippen LogP contribution in [0.2, 0.25) is 0 Å². The molecule has 0 spiro atoms. The van der Waals surface area contributed by atoms with Crippen LogP contribution >= 0.6 is 0 Å². The predicted molar refractivity (Wildman–Crippen MR) is 83.1 cm³/mol. The zero-order valence-electron chi connectivity index (χ0n) is 13.4. The SMILES string of the molecule is Cc1cnn(CCNC2CCN(CC(=O)N(C)C)CC2)c1. The van der Waals surface area contributed by atoms with E-state index in [1.54, 1.807) is 4.90 Å². The van der Waals surface area contributed by atoms with E-state index in [1.807, 2.05) is 25.0 Å². The van der Waals surface area contributed by atoms with Gasteiger partial charge in [0, 0.05) is 46.0 Å². The van der Waals surface area contributed by atoms with Gasteiger partial charge in [0.2, 0.25) is 5.91 Å². The Morgan fingerprint density at radius 1 is 1.43 bits per heavy atom. The topological polar surface area (TPSA) is 53.4 Å². The molecule has 0 saturated carbocycles. The number of hydrogen-bond acceptors (Lipinski definition) is 4. The number of aromatic nitrogens is 2. The van der Waals surface area contributed by atoms with E-state index in [9.17, 15) is 4.79 Å². The number of hydrogen-bond donors (Lipinski definition) is 1. The molecule has 118 valence electrons. The quantitative estimate of drug-likeness (QED) is 0.821. The highest BCUT2D eigenvalue weighted by atomic mass is 16.2. The van der Waals surface area contributed by atoms with Crippen LogP contribution < -0.4 is 5.32 Å². The smallest absolute Gasteiger partial charge is 0.236 e. The zero-order valence-corrected chi connectivity index (χ0v) is 13.4. The van der Waals surface area contributed by atoms with Crippen LogP contribution in [0.3, 0.4) is 0 Å². The third-order valence-electron chi connectivity index (χ3n) is 3.98. The molecule has 1 aliphatic rings. The van der Waals surface area contributed by atoms with Crippen LogP contribution in [0.25, 0.3) is 0 Å². The van der Waals surface area contributed by atoms with E-state index in [1.165, 1.54) is 5.56 Å². The first kappa shape index (κ1) is 16.0. The van der Waals surface area contributed by atoms with Crippen LogP contribution in [-0.2, 0) is 11.3 Å². The molecule has 0 aromatic carbocycles. The van der Waals surface area contributed by atoms with Crippen molar-refractivity contribution in [2.45, 2.75) is 32.4 Å². The molecule has 6 nitrogen and oxygen atoms in total. The van der Waals surface area contributed by atoms with E-state index in [2.05, 4.69) is 28.4 Å². The summed E-state index contributed by atoms with van der Waals surface area (Å²) in [6.07, 6.45) is 6.18. The van der Waals surface area contributed by atoms with E-state index in [0.29, 0.717) is 12.6 Å². The summed E-state index contributed by atoms with van der Waals surface area (Å²) < 4.78 is 1.98. The summed E-state index contributed by atoms with van der Waals surface area (Å²) in [7, 11) is 3.63. The maximum atomic E-state index is 11.7. The summed E-state index contributed by atoms with van der Waals surface area (Å²) in [5.74, 6) is 0.190. The Morgan fingerprint density at radius 3 is 2.71 bits per heavy atom. The third-order valence-corrected chi connectivity index (χ3v) is 3.98. The van der Waals surface area contributed by atoms with Crippen molar-refractivity contribution in [1.29, 1.82) is 0 Å². The Kier molecular flexibility index (Phi) is 5.76. The van der Waals surface area contributed by atoms with Crippen LogP contribution in [0.15, 0.2) is 12.4 Å². The number of likely N-dealkylation sites (tertiary alicyclic amines) is 1. The first-order valence-corrected chi connectivity index (χ1v) is 7.69. The Hall–Kier alpha value is -1.40. The Morgan fingerprint density at radius 2 is 2.14 bits per heavy atom. The molecule has 1 aromatic rings. The van der Waals surface area contributed by atoms with Gasteiger partial charge in [-0.15, -0.1) is 0 Å². The molecule has 2 rings (SSSR count). The fraction of sp³-hybridized carbons (Fsp3) is 0.733. The molecule has 1 fully saturated rings. The molecule has 0 bridgehead atoms. The molecule has 1 saturated heterocycles. The number of piperidine rings is 1. The number of rotatable bonds is 6. The molecule has 1 aliphatic heterocycles. The second kappa shape index (κ2) is 7.56. The molecule has 0 atom stereocenters. The highest BCUT2D eigenvalue weighted by Gasteiger charge is 2.20. The molecular weight excluding hydrogens is 266 g/mol. The number of nitrogens with one attached hydrogen (secondary N) is 1. The van der Waals surface area contributed by atoms with Gasteiger partial charge in [0.1, 0.15) is 0 Å². The van der Waals surface area contributed by atoms with Crippen molar-refractivity contribution in [3.63, 3.8) is 0 Å². The lowest BCUT2D eigenvalue weighted by Crippen LogP contribution is -2.46. The average molecular weight is 293 g/mol. The lowest BCUT2D eigenvalue weighted by atomic mass is 10.1. The van der Waals surface area contributed by atoms with Gasteiger partial charge in [-0.25, -0.2) is 0 Å². The first-order chi connectivity index (χ1) is 10.0. The molecule has 6 heteroatoms. The summed E-state index contributed by atoms with van der Waals surface area (Å²) in [5, 5.41) is 7.88.